The van der Waals surface area contributed by atoms with Crippen molar-refractivity contribution in [2.24, 2.45) is 0 Å². The van der Waals surface area contributed by atoms with Crippen molar-refractivity contribution in [3.05, 3.63) is 47.9 Å². The number of para-hydroxylation sites is 1. The van der Waals surface area contributed by atoms with Gasteiger partial charge in [0.05, 0.1) is 18.4 Å². The van der Waals surface area contributed by atoms with Gasteiger partial charge in [-0.25, -0.2) is 14.8 Å². The molecule has 2 N–H and O–H groups in total. The SMILES string of the molecule is CCCCCNc1cc(C(=O)Nc2ccccc2C(=O)OC)ncn1. The zero-order valence-corrected chi connectivity index (χ0v) is 14.4. The van der Waals surface area contributed by atoms with Gasteiger partial charge in [-0.3, -0.25) is 4.79 Å². The number of methoxy groups -OCH3 is 1. The number of ether oxygens (including phenoxy) is 1. The lowest BCUT2D eigenvalue weighted by Gasteiger charge is -2.10. The van der Waals surface area contributed by atoms with Gasteiger partial charge >= 0.3 is 5.97 Å². The number of hydrogen-bond donors (Lipinski definition) is 2. The molecule has 1 aromatic carbocycles. The van der Waals surface area contributed by atoms with Crippen molar-refractivity contribution in [2.75, 3.05) is 24.3 Å². The molecule has 1 heterocycles. The summed E-state index contributed by atoms with van der Waals surface area (Å²) in [6, 6.07) is 8.23. The molecule has 0 aliphatic heterocycles. The minimum Gasteiger partial charge on any atom is -0.465 e. The number of hydrogen-bond acceptors (Lipinski definition) is 6. The minimum absolute atomic E-state index is 0.215. The van der Waals surface area contributed by atoms with Gasteiger partial charge in [-0.1, -0.05) is 31.9 Å². The summed E-state index contributed by atoms with van der Waals surface area (Å²) in [6.07, 6.45) is 4.65. The van der Waals surface area contributed by atoms with Crippen LogP contribution in [0.25, 0.3) is 0 Å². The van der Waals surface area contributed by atoms with Crippen LogP contribution in [0.4, 0.5) is 11.5 Å². The average molecular weight is 342 g/mol. The van der Waals surface area contributed by atoms with Crippen LogP contribution in [0.3, 0.4) is 0 Å². The van der Waals surface area contributed by atoms with E-state index in [1.165, 1.54) is 13.4 Å². The maximum Gasteiger partial charge on any atom is 0.339 e. The third-order valence-electron chi connectivity index (χ3n) is 3.57. The smallest absolute Gasteiger partial charge is 0.339 e. The van der Waals surface area contributed by atoms with Gasteiger partial charge < -0.3 is 15.4 Å². The highest BCUT2D eigenvalue weighted by atomic mass is 16.5. The first kappa shape index (κ1) is 18.4. The van der Waals surface area contributed by atoms with Crippen molar-refractivity contribution in [2.45, 2.75) is 26.2 Å². The standard InChI is InChI=1S/C18H22N4O3/c1-3-4-7-10-19-16-11-15(20-12-21-16)17(23)22-14-9-6-5-8-13(14)18(24)25-2/h5-6,8-9,11-12H,3-4,7,10H2,1-2H3,(H,22,23)(H,19,20,21). The average Bonchev–Trinajstić information content (AvgIpc) is 2.65. The summed E-state index contributed by atoms with van der Waals surface area (Å²) in [7, 11) is 1.29. The quantitative estimate of drug-likeness (QED) is 0.565. The molecular weight excluding hydrogens is 320 g/mol. The van der Waals surface area contributed by atoms with Crippen LogP contribution in [-0.2, 0) is 4.74 Å². The molecule has 0 saturated heterocycles. The second-order valence-electron chi connectivity index (χ2n) is 5.41. The monoisotopic (exact) mass is 342 g/mol. The van der Waals surface area contributed by atoms with Crippen molar-refractivity contribution < 1.29 is 14.3 Å². The number of nitrogens with one attached hydrogen (secondary N) is 2. The Kier molecular flexibility index (Phi) is 6.88. The van der Waals surface area contributed by atoms with Gasteiger partial charge in [-0.2, -0.15) is 0 Å². The summed E-state index contributed by atoms with van der Waals surface area (Å²) in [5, 5.41) is 5.86. The molecule has 0 bridgehead atoms. The molecular formula is C18H22N4O3. The Bertz CT molecular complexity index is 734. The van der Waals surface area contributed by atoms with Gasteiger partial charge in [0.1, 0.15) is 17.8 Å². The molecule has 0 unspecified atom stereocenters. The van der Waals surface area contributed by atoms with Crippen molar-refractivity contribution in [1.29, 1.82) is 0 Å². The van der Waals surface area contributed by atoms with Gasteiger partial charge in [0.2, 0.25) is 0 Å². The van der Waals surface area contributed by atoms with E-state index in [0.717, 1.165) is 25.8 Å². The predicted molar refractivity (Wildman–Crippen MR) is 95.8 cm³/mol. The van der Waals surface area contributed by atoms with Crippen LogP contribution >= 0.6 is 0 Å². The summed E-state index contributed by atoms with van der Waals surface area (Å²) in [5.74, 6) is -0.343. The Morgan fingerprint density at radius 2 is 1.96 bits per heavy atom. The molecule has 7 heteroatoms. The van der Waals surface area contributed by atoms with E-state index in [9.17, 15) is 9.59 Å². The number of esters is 1. The van der Waals surface area contributed by atoms with Crippen LogP contribution in [-0.4, -0.2) is 35.5 Å². The van der Waals surface area contributed by atoms with Crippen molar-refractivity contribution in [1.82, 2.24) is 9.97 Å². The van der Waals surface area contributed by atoms with Gasteiger partial charge in [-0.15, -0.1) is 0 Å². The molecule has 132 valence electrons. The third kappa shape index (κ3) is 5.27. The number of carbonyl (C=O) groups is 2. The lowest BCUT2D eigenvalue weighted by Crippen LogP contribution is -2.17. The van der Waals surface area contributed by atoms with Crippen molar-refractivity contribution >= 4 is 23.4 Å². The number of amides is 1. The first-order valence-electron chi connectivity index (χ1n) is 8.20. The molecule has 0 fully saturated rings. The van der Waals surface area contributed by atoms with Crippen molar-refractivity contribution in [3.8, 4) is 0 Å². The number of unbranched alkanes of at least 4 members (excludes halogenated alkanes) is 2. The number of aromatic nitrogens is 2. The second kappa shape index (κ2) is 9.36. The van der Waals surface area contributed by atoms with E-state index in [4.69, 9.17) is 4.74 Å². The van der Waals surface area contributed by atoms with Gasteiger partial charge in [-0.05, 0) is 18.6 Å². The number of anilines is 2. The Hall–Kier alpha value is -2.96. The number of benzene rings is 1. The van der Waals surface area contributed by atoms with E-state index in [0.29, 0.717) is 11.5 Å². The predicted octanol–water partition coefficient (Wildman–Crippen LogP) is 3.12. The molecule has 25 heavy (non-hydrogen) atoms. The van der Waals surface area contributed by atoms with Crippen molar-refractivity contribution in [3.63, 3.8) is 0 Å². The topological polar surface area (TPSA) is 93.2 Å². The normalized spacial score (nSPS) is 10.2. The molecule has 2 rings (SSSR count). The molecule has 0 aliphatic carbocycles. The van der Waals surface area contributed by atoms with Gasteiger partial charge in [0.25, 0.3) is 5.91 Å². The summed E-state index contributed by atoms with van der Waals surface area (Å²) in [4.78, 5) is 32.3. The summed E-state index contributed by atoms with van der Waals surface area (Å²) in [6.45, 7) is 2.93. The molecule has 0 saturated carbocycles. The van der Waals surface area contributed by atoms with Crippen LogP contribution in [0.1, 0.15) is 47.0 Å². The van der Waals surface area contributed by atoms with Gasteiger partial charge in [0, 0.05) is 12.6 Å². The molecule has 0 aliphatic rings. The zero-order chi connectivity index (χ0) is 18.1. The van der Waals surface area contributed by atoms with E-state index >= 15 is 0 Å². The Morgan fingerprint density at radius 3 is 2.72 bits per heavy atom. The first-order chi connectivity index (χ1) is 12.2. The van der Waals surface area contributed by atoms with E-state index in [1.807, 2.05) is 0 Å². The number of nitrogens with zero attached hydrogens (tertiary/aromatic N) is 2. The highest BCUT2D eigenvalue weighted by molar-refractivity contribution is 6.07. The molecule has 0 atom stereocenters. The second-order valence-corrected chi connectivity index (χ2v) is 5.41. The molecule has 0 radical (unpaired) electrons. The summed E-state index contributed by atoms with van der Waals surface area (Å²) in [5.41, 5.74) is 0.869. The zero-order valence-electron chi connectivity index (χ0n) is 14.4. The molecule has 0 spiro atoms. The molecule has 1 amide bonds. The fourth-order valence-electron chi connectivity index (χ4n) is 2.24. The van der Waals surface area contributed by atoms with E-state index in [2.05, 4.69) is 27.5 Å². The van der Waals surface area contributed by atoms with Crippen LogP contribution in [0, 0.1) is 0 Å². The van der Waals surface area contributed by atoms with Crippen LogP contribution in [0.15, 0.2) is 36.7 Å². The number of rotatable bonds is 8. The Balaban J connectivity index is 2.08. The van der Waals surface area contributed by atoms with Crippen LogP contribution in [0.2, 0.25) is 0 Å². The molecule has 7 nitrogen and oxygen atoms in total. The van der Waals surface area contributed by atoms with Gasteiger partial charge in [0.15, 0.2) is 0 Å². The first-order valence-corrected chi connectivity index (χ1v) is 8.20. The largest absolute Gasteiger partial charge is 0.465 e. The van der Waals surface area contributed by atoms with E-state index in [1.54, 1.807) is 30.3 Å². The Labute approximate surface area is 146 Å². The highest BCUT2D eigenvalue weighted by Crippen LogP contribution is 2.17. The van der Waals surface area contributed by atoms with E-state index < -0.39 is 11.9 Å². The molecule has 2 aromatic rings. The summed E-state index contributed by atoms with van der Waals surface area (Å²) < 4.78 is 4.72. The maximum atomic E-state index is 12.4. The lowest BCUT2D eigenvalue weighted by atomic mass is 10.1. The fraction of sp³-hybridized carbons (Fsp3) is 0.333. The highest BCUT2D eigenvalue weighted by Gasteiger charge is 2.15. The third-order valence-corrected chi connectivity index (χ3v) is 3.57. The minimum atomic E-state index is -0.517. The van der Waals surface area contributed by atoms with E-state index in [-0.39, 0.29) is 11.3 Å². The fourth-order valence-corrected chi connectivity index (χ4v) is 2.24. The Morgan fingerprint density at radius 1 is 1.16 bits per heavy atom. The lowest BCUT2D eigenvalue weighted by molar-refractivity contribution is 0.0602. The van der Waals surface area contributed by atoms with Crippen LogP contribution in [0.5, 0.6) is 0 Å². The summed E-state index contributed by atoms with van der Waals surface area (Å²) >= 11 is 0. The number of carbonyl (C=O) groups excluding carboxylic acids is 2. The van der Waals surface area contributed by atoms with Crippen LogP contribution < -0.4 is 10.6 Å². The molecule has 1 aromatic heterocycles. The maximum absolute atomic E-state index is 12.4.